The number of carbonyl (C=O) groups is 2. The van der Waals surface area contributed by atoms with Crippen molar-refractivity contribution in [1.29, 1.82) is 0 Å². The third kappa shape index (κ3) is 2.56. The summed E-state index contributed by atoms with van der Waals surface area (Å²) in [4.78, 5) is 28.3. The number of pyridine rings is 1. The van der Waals surface area contributed by atoms with Crippen molar-refractivity contribution in [2.45, 2.75) is 19.0 Å². The predicted molar refractivity (Wildman–Crippen MR) is 67.4 cm³/mol. The first-order valence-corrected chi connectivity index (χ1v) is 6.27. The molecule has 1 aliphatic rings. The molecule has 1 N–H and O–H groups in total. The van der Waals surface area contributed by atoms with Gasteiger partial charge in [-0.3, -0.25) is 4.79 Å². The minimum Gasteiger partial charge on any atom is -0.479 e. The van der Waals surface area contributed by atoms with Crippen LogP contribution in [0.5, 0.6) is 5.88 Å². The molecule has 2 rings (SSSR count). The number of aliphatic carboxylic acids is 1. The van der Waals surface area contributed by atoms with Crippen molar-refractivity contribution in [3.05, 3.63) is 23.9 Å². The zero-order valence-electron chi connectivity index (χ0n) is 11.0. The zero-order valence-corrected chi connectivity index (χ0v) is 11.0. The SMILES string of the molecule is CCOc1ncccc1C(=O)N1CCC(F)(C(=O)O)C1. The summed E-state index contributed by atoms with van der Waals surface area (Å²) in [6.45, 7) is 1.71. The van der Waals surface area contributed by atoms with E-state index in [1.807, 2.05) is 0 Å². The number of carboxylic acid groups (broad SMARTS) is 1. The van der Waals surface area contributed by atoms with Crippen molar-refractivity contribution in [2.75, 3.05) is 19.7 Å². The molecule has 1 unspecified atom stereocenters. The Morgan fingerprint density at radius 1 is 1.60 bits per heavy atom. The van der Waals surface area contributed by atoms with Gasteiger partial charge in [0.2, 0.25) is 11.5 Å². The van der Waals surface area contributed by atoms with Gasteiger partial charge in [-0.1, -0.05) is 0 Å². The van der Waals surface area contributed by atoms with Crippen LogP contribution in [-0.2, 0) is 4.79 Å². The summed E-state index contributed by atoms with van der Waals surface area (Å²) < 4.78 is 19.2. The number of likely N-dealkylation sites (tertiary alicyclic amines) is 1. The molecule has 1 saturated heterocycles. The van der Waals surface area contributed by atoms with Gasteiger partial charge in [-0.25, -0.2) is 14.2 Å². The number of hydrogen-bond donors (Lipinski definition) is 1. The van der Waals surface area contributed by atoms with E-state index in [0.717, 1.165) is 0 Å². The van der Waals surface area contributed by atoms with Crippen LogP contribution >= 0.6 is 0 Å². The first-order chi connectivity index (χ1) is 9.48. The Morgan fingerprint density at radius 2 is 2.35 bits per heavy atom. The Morgan fingerprint density at radius 3 is 2.95 bits per heavy atom. The number of hydrogen-bond acceptors (Lipinski definition) is 4. The fourth-order valence-corrected chi connectivity index (χ4v) is 2.10. The molecule has 20 heavy (non-hydrogen) atoms. The maximum atomic E-state index is 14.0. The van der Waals surface area contributed by atoms with E-state index < -0.39 is 24.1 Å². The highest BCUT2D eigenvalue weighted by Crippen LogP contribution is 2.28. The predicted octanol–water partition coefficient (Wildman–Crippen LogP) is 1.12. The van der Waals surface area contributed by atoms with E-state index in [2.05, 4.69) is 4.98 Å². The molecule has 0 radical (unpaired) electrons. The normalized spacial score (nSPS) is 21.8. The molecule has 1 aromatic rings. The van der Waals surface area contributed by atoms with E-state index >= 15 is 0 Å². The number of halogens is 1. The third-order valence-electron chi connectivity index (χ3n) is 3.17. The average molecular weight is 282 g/mol. The summed E-state index contributed by atoms with van der Waals surface area (Å²) in [7, 11) is 0. The van der Waals surface area contributed by atoms with Crippen molar-refractivity contribution in [3.63, 3.8) is 0 Å². The van der Waals surface area contributed by atoms with Crippen LogP contribution in [0, 0.1) is 0 Å². The van der Waals surface area contributed by atoms with Crippen molar-refractivity contribution in [1.82, 2.24) is 9.88 Å². The number of nitrogens with zero attached hydrogens (tertiary/aromatic N) is 2. The fourth-order valence-electron chi connectivity index (χ4n) is 2.10. The lowest BCUT2D eigenvalue weighted by molar-refractivity contribution is -0.149. The van der Waals surface area contributed by atoms with Crippen LogP contribution in [0.2, 0.25) is 0 Å². The van der Waals surface area contributed by atoms with Gasteiger partial charge >= 0.3 is 5.97 Å². The highest BCUT2D eigenvalue weighted by Gasteiger charge is 2.47. The van der Waals surface area contributed by atoms with E-state index in [-0.39, 0.29) is 24.4 Å². The summed E-state index contributed by atoms with van der Waals surface area (Å²) in [5.41, 5.74) is -2.16. The van der Waals surface area contributed by atoms with Crippen LogP contribution in [0.3, 0.4) is 0 Å². The number of aromatic nitrogens is 1. The Bertz CT molecular complexity index is 537. The minimum atomic E-state index is -2.37. The van der Waals surface area contributed by atoms with E-state index in [1.165, 1.54) is 17.2 Å². The fraction of sp³-hybridized carbons (Fsp3) is 0.462. The van der Waals surface area contributed by atoms with Crippen molar-refractivity contribution in [2.24, 2.45) is 0 Å². The van der Waals surface area contributed by atoms with Gasteiger partial charge in [0, 0.05) is 19.2 Å². The monoisotopic (exact) mass is 282 g/mol. The Balaban J connectivity index is 2.19. The standard InChI is InChI=1S/C13H15FN2O4/c1-2-20-10-9(4-3-6-15-10)11(17)16-7-5-13(14,8-16)12(18)19/h3-4,6H,2,5,7-8H2,1H3,(H,18,19). The number of carbonyl (C=O) groups excluding carboxylic acids is 1. The summed E-state index contributed by atoms with van der Waals surface area (Å²) in [5, 5.41) is 8.83. The molecule has 1 atom stereocenters. The molecule has 1 aliphatic heterocycles. The number of alkyl halides is 1. The minimum absolute atomic E-state index is 0.0576. The molecule has 2 heterocycles. The molecule has 0 saturated carbocycles. The van der Waals surface area contributed by atoms with E-state index in [9.17, 15) is 14.0 Å². The molecule has 0 aromatic carbocycles. The molecule has 7 heteroatoms. The summed E-state index contributed by atoms with van der Waals surface area (Å²) in [6, 6.07) is 3.10. The topological polar surface area (TPSA) is 79.7 Å². The molecule has 0 bridgehead atoms. The number of rotatable bonds is 4. The summed E-state index contributed by atoms with van der Waals surface area (Å²) in [5.74, 6) is -1.84. The van der Waals surface area contributed by atoms with Crippen LogP contribution in [0.4, 0.5) is 4.39 Å². The quantitative estimate of drug-likeness (QED) is 0.895. The second kappa shape index (κ2) is 5.44. The Labute approximate surface area is 115 Å². The second-order valence-electron chi connectivity index (χ2n) is 4.54. The van der Waals surface area contributed by atoms with Gasteiger partial charge in [0.05, 0.1) is 13.2 Å². The van der Waals surface area contributed by atoms with Gasteiger partial charge in [0.15, 0.2) is 0 Å². The lowest BCUT2D eigenvalue weighted by atomic mass is 10.1. The summed E-state index contributed by atoms with van der Waals surface area (Å²) >= 11 is 0. The number of amides is 1. The number of ether oxygens (including phenoxy) is 1. The van der Waals surface area contributed by atoms with Gasteiger partial charge in [0.1, 0.15) is 5.56 Å². The second-order valence-corrected chi connectivity index (χ2v) is 4.54. The largest absolute Gasteiger partial charge is 0.479 e. The van der Waals surface area contributed by atoms with Crippen LogP contribution < -0.4 is 4.74 Å². The van der Waals surface area contributed by atoms with E-state index in [0.29, 0.717) is 6.61 Å². The van der Waals surface area contributed by atoms with Crippen molar-refractivity contribution in [3.8, 4) is 5.88 Å². The maximum absolute atomic E-state index is 14.0. The number of carboxylic acids is 1. The molecule has 6 nitrogen and oxygen atoms in total. The zero-order chi connectivity index (χ0) is 14.8. The molecule has 1 aromatic heterocycles. The first kappa shape index (κ1) is 14.2. The van der Waals surface area contributed by atoms with Crippen LogP contribution in [0.25, 0.3) is 0 Å². The van der Waals surface area contributed by atoms with Crippen LogP contribution in [-0.4, -0.2) is 52.2 Å². The highest BCUT2D eigenvalue weighted by atomic mass is 19.1. The molecule has 1 amide bonds. The molecule has 108 valence electrons. The van der Waals surface area contributed by atoms with Gasteiger partial charge in [-0.05, 0) is 19.1 Å². The molecular weight excluding hydrogens is 267 g/mol. The molecular formula is C13H15FN2O4. The average Bonchev–Trinajstić information content (AvgIpc) is 2.83. The molecule has 1 fully saturated rings. The molecule has 0 aliphatic carbocycles. The summed E-state index contributed by atoms with van der Waals surface area (Å²) in [6.07, 6.45) is 1.28. The van der Waals surface area contributed by atoms with Gasteiger partial charge in [-0.2, -0.15) is 0 Å². The molecule has 0 spiro atoms. The van der Waals surface area contributed by atoms with Gasteiger partial charge in [-0.15, -0.1) is 0 Å². The van der Waals surface area contributed by atoms with Gasteiger partial charge < -0.3 is 14.7 Å². The van der Waals surface area contributed by atoms with Crippen LogP contribution in [0.15, 0.2) is 18.3 Å². The smallest absolute Gasteiger partial charge is 0.343 e. The lowest BCUT2D eigenvalue weighted by Gasteiger charge is -2.18. The third-order valence-corrected chi connectivity index (χ3v) is 3.17. The highest BCUT2D eigenvalue weighted by molar-refractivity contribution is 5.97. The Kier molecular flexibility index (Phi) is 3.87. The maximum Gasteiger partial charge on any atom is 0.343 e. The Hall–Kier alpha value is -2.18. The lowest BCUT2D eigenvalue weighted by Crippen LogP contribution is -2.39. The van der Waals surface area contributed by atoms with Crippen molar-refractivity contribution < 1.29 is 23.8 Å². The van der Waals surface area contributed by atoms with Crippen LogP contribution in [0.1, 0.15) is 23.7 Å². The van der Waals surface area contributed by atoms with E-state index in [4.69, 9.17) is 9.84 Å². The van der Waals surface area contributed by atoms with Crippen molar-refractivity contribution >= 4 is 11.9 Å². The van der Waals surface area contributed by atoms with Gasteiger partial charge in [0.25, 0.3) is 5.91 Å². The first-order valence-electron chi connectivity index (χ1n) is 6.27. The van der Waals surface area contributed by atoms with E-state index in [1.54, 1.807) is 13.0 Å².